The first-order valence-electron chi connectivity index (χ1n) is 9.79. The molecule has 1 aliphatic rings. The predicted molar refractivity (Wildman–Crippen MR) is 100 cm³/mol. The highest BCUT2D eigenvalue weighted by atomic mass is 16.4. The highest BCUT2D eigenvalue weighted by molar-refractivity contribution is 5.84. The van der Waals surface area contributed by atoms with E-state index in [4.69, 9.17) is 5.11 Å². The molecule has 0 spiro atoms. The number of aliphatic carboxylic acids is 2. The SMILES string of the molecule is CCCCCCCCCCCC1=[N+](C(C)C(=O)O)CCN1CC(=O)O.[OH-]. The van der Waals surface area contributed by atoms with Gasteiger partial charge >= 0.3 is 11.9 Å². The number of rotatable bonds is 14. The second-order valence-corrected chi connectivity index (χ2v) is 7.02. The molecule has 1 atom stereocenters. The van der Waals surface area contributed by atoms with E-state index in [-0.39, 0.29) is 12.0 Å². The third kappa shape index (κ3) is 8.65. The topological polar surface area (TPSA) is 111 Å². The minimum absolute atomic E-state index is 0. The van der Waals surface area contributed by atoms with Crippen molar-refractivity contribution >= 4 is 17.8 Å². The van der Waals surface area contributed by atoms with Crippen LogP contribution in [0.25, 0.3) is 0 Å². The Kier molecular flexibility index (Phi) is 12.7. The predicted octanol–water partition coefficient (Wildman–Crippen LogP) is 3.01. The third-order valence-corrected chi connectivity index (χ3v) is 4.96. The second-order valence-electron chi connectivity index (χ2n) is 7.02. The van der Waals surface area contributed by atoms with Crippen molar-refractivity contribution in [2.45, 2.75) is 84.1 Å². The van der Waals surface area contributed by atoms with Crippen molar-refractivity contribution in [2.24, 2.45) is 0 Å². The standard InChI is InChI=1S/C19H34N2O4.H2O/c1-3-4-5-6-7-8-9-10-11-12-17-20(15-18(22)23)13-14-21(17)16(2)19(24)25;/h16H,3-15H2,1-2H3,(H-,22,23,24,25);1H2. The lowest BCUT2D eigenvalue weighted by Crippen LogP contribution is -2.37. The van der Waals surface area contributed by atoms with Crippen LogP contribution in [-0.2, 0) is 9.59 Å². The van der Waals surface area contributed by atoms with Crippen LogP contribution in [0.2, 0.25) is 0 Å². The average molecular weight is 373 g/mol. The maximum atomic E-state index is 11.3. The van der Waals surface area contributed by atoms with Crippen LogP contribution in [0.3, 0.4) is 0 Å². The molecule has 0 saturated heterocycles. The van der Waals surface area contributed by atoms with Crippen molar-refractivity contribution in [2.75, 3.05) is 19.6 Å². The molecule has 1 heterocycles. The normalized spacial score (nSPS) is 15.1. The molecule has 7 nitrogen and oxygen atoms in total. The number of carboxylic acid groups (broad SMARTS) is 2. The minimum atomic E-state index is -0.866. The van der Waals surface area contributed by atoms with Gasteiger partial charge in [-0.05, 0) is 13.3 Å². The summed E-state index contributed by atoms with van der Waals surface area (Å²) in [6.07, 6.45) is 11.9. The van der Waals surface area contributed by atoms with Gasteiger partial charge < -0.3 is 15.7 Å². The Morgan fingerprint density at radius 1 is 1.04 bits per heavy atom. The van der Waals surface area contributed by atoms with Crippen LogP contribution in [0, 0.1) is 0 Å². The number of carboxylic acids is 2. The molecular weight excluding hydrogens is 336 g/mol. The number of nitrogens with zero attached hydrogens (tertiary/aromatic N) is 2. The molecule has 0 amide bonds. The maximum Gasteiger partial charge on any atom is 0.348 e. The Bertz CT molecular complexity index is 465. The van der Waals surface area contributed by atoms with Crippen LogP contribution in [0.1, 0.15) is 78.1 Å². The van der Waals surface area contributed by atoms with E-state index in [1.165, 1.54) is 44.9 Å². The summed E-state index contributed by atoms with van der Waals surface area (Å²) in [5.41, 5.74) is 0. The van der Waals surface area contributed by atoms with Gasteiger partial charge in [-0.15, -0.1) is 0 Å². The molecule has 0 aliphatic carbocycles. The fraction of sp³-hybridized carbons (Fsp3) is 0.842. The molecule has 3 N–H and O–H groups in total. The number of hydrogen-bond acceptors (Lipinski definition) is 4. The number of carbonyl (C=O) groups is 2. The summed E-state index contributed by atoms with van der Waals surface area (Å²) in [6, 6.07) is -0.604. The van der Waals surface area contributed by atoms with E-state index in [0.717, 1.165) is 25.1 Å². The molecule has 152 valence electrons. The van der Waals surface area contributed by atoms with Gasteiger partial charge in [0, 0.05) is 6.42 Å². The van der Waals surface area contributed by atoms with Gasteiger partial charge in [0.25, 0.3) is 0 Å². The summed E-state index contributed by atoms with van der Waals surface area (Å²) >= 11 is 0. The summed E-state index contributed by atoms with van der Waals surface area (Å²) < 4.78 is 1.86. The van der Waals surface area contributed by atoms with Crippen molar-refractivity contribution < 1.29 is 29.9 Å². The fourth-order valence-corrected chi connectivity index (χ4v) is 3.45. The van der Waals surface area contributed by atoms with Crippen LogP contribution >= 0.6 is 0 Å². The van der Waals surface area contributed by atoms with Crippen LogP contribution in [0.15, 0.2) is 0 Å². The van der Waals surface area contributed by atoms with Gasteiger partial charge in [0.05, 0.1) is 0 Å². The van der Waals surface area contributed by atoms with Gasteiger partial charge in [0.15, 0.2) is 12.6 Å². The Morgan fingerprint density at radius 2 is 1.58 bits per heavy atom. The van der Waals surface area contributed by atoms with Gasteiger partial charge in [-0.2, -0.15) is 0 Å². The molecule has 0 radical (unpaired) electrons. The monoisotopic (exact) mass is 372 g/mol. The van der Waals surface area contributed by atoms with Gasteiger partial charge in [0.1, 0.15) is 13.1 Å². The molecule has 0 aromatic heterocycles. The lowest BCUT2D eigenvalue weighted by atomic mass is 10.1. The average Bonchev–Trinajstić information content (AvgIpc) is 2.94. The molecule has 26 heavy (non-hydrogen) atoms. The molecule has 1 rings (SSSR count). The Hall–Kier alpha value is -1.63. The van der Waals surface area contributed by atoms with Crippen LogP contribution < -0.4 is 0 Å². The number of hydrogen-bond donors (Lipinski definition) is 2. The lowest BCUT2D eigenvalue weighted by Gasteiger charge is -2.13. The third-order valence-electron chi connectivity index (χ3n) is 4.96. The van der Waals surface area contributed by atoms with E-state index in [1.807, 2.05) is 9.48 Å². The van der Waals surface area contributed by atoms with Gasteiger partial charge in [0.2, 0.25) is 5.84 Å². The minimum Gasteiger partial charge on any atom is -0.870 e. The molecular formula is C19H36N2O5. The highest BCUT2D eigenvalue weighted by Gasteiger charge is 2.35. The molecule has 0 saturated carbocycles. The Morgan fingerprint density at radius 3 is 2.08 bits per heavy atom. The first kappa shape index (κ1) is 24.4. The number of unbranched alkanes of at least 4 members (excludes halogenated alkanes) is 8. The summed E-state index contributed by atoms with van der Waals surface area (Å²) in [5.74, 6) is -0.837. The first-order chi connectivity index (χ1) is 12.0. The maximum absolute atomic E-state index is 11.3. The van der Waals surface area contributed by atoms with Crippen molar-refractivity contribution in [1.29, 1.82) is 0 Å². The molecule has 0 fully saturated rings. The van der Waals surface area contributed by atoms with Crippen molar-refractivity contribution in [3.63, 3.8) is 0 Å². The van der Waals surface area contributed by atoms with E-state index in [9.17, 15) is 14.7 Å². The first-order valence-corrected chi connectivity index (χ1v) is 9.79. The molecule has 0 bridgehead atoms. The molecule has 0 aromatic carbocycles. The van der Waals surface area contributed by atoms with E-state index in [2.05, 4.69) is 6.92 Å². The van der Waals surface area contributed by atoms with Gasteiger partial charge in [-0.25, -0.2) is 14.2 Å². The fourth-order valence-electron chi connectivity index (χ4n) is 3.45. The largest absolute Gasteiger partial charge is 0.870 e. The van der Waals surface area contributed by atoms with Crippen molar-refractivity contribution in [3.05, 3.63) is 0 Å². The zero-order valence-electron chi connectivity index (χ0n) is 16.3. The number of amidine groups is 1. The summed E-state index contributed by atoms with van der Waals surface area (Å²) in [5, 5.41) is 18.3. The zero-order chi connectivity index (χ0) is 18.7. The Balaban J connectivity index is 0.00000625. The zero-order valence-corrected chi connectivity index (χ0v) is 16.3. The van der Waals surface area contributed by atoms with E-state index in [1.54, 1.807) is 6.92 Å². The van der Waals surface area contributed by atoms with E-state index in [0.29, 0.717) is 13.1 Å². The molecule has 7 heteroatoms. The molecule has 1 unspecified atom stereocenters. The van der Waals surface area contributed by atoms with Crippen LogP contribution in [0.5, 0.6) is 0 Å². The van der Waals surface area contributed by atoms with Gasteiger partial charge in [-0.1, -0.05) is 58.3 Å². The highest BCUT2D eigenvalue weighted by Crippen LogP contribution is 2.14. The van der Waals surface area contributed by atoms with Crippen LogP contribution in [0.4, 0.5) is 0 Å². The lowest BCUT2D eigenvalue weighted by molar-refractivity contribution is -0.542. The van der Waals surface area contributed by atoms with Crippen molar-refractivity contribution in [1.82, 2.24) is 4.90 Å². The van der Waals surface area contributed by atoms with Gasteiger partial charge in [-0.3, -0.25) is 4.90 Å². The summed E-state index contributed by atoms with van der Waals surface area (Å²) in [4.78, 5) is 24.2. The van der Waals surface area contributed by atoms with E-state index >= 15 is 0 Å². The quantitative estimate of drug-likeness (QED) is 0.358. The summed E-state index contributed by atoms with van der Waals surface area (Å²) in [7, 11) is 0. The van der Waals surface area contributed by atoms with Crippen molar-refractivity contribution in [3.8, 4) is 0 Å². The Labute approximate surface area is 157 Å². The summed E-state index contributed by atoms with van der Waals surface area (Å²) in [6.45, 7) is 5.03. The molecule has 1 aliphatic heterocycles. The smallest absolute Gasteiger partial charge is 0.348 e. The van der Waals surface area contributed by atoms with E-state index < -0.39 is 18.0 Å². The van der Waals surface area contributed by atoms with Crippen LogP contribution in [-0.4, -0.2) is 68.6 Å². The second kappa shape index (κ2) is 13.6. The molecule has 0 aromatic rings.